The normalized spacial score (nSPS) is 24.2. The van der Waals surface area contributed by atoms with Gasteiger partial charge >= 0.3 is 0 Å². The van der Waals surface area contributed by atoms with E-state index in [1.165, 1.54) is 12.8 Å². The van der Waals surface area contributed by atoms with E-state index in [0.29, 0.717) is 24.1 Å². The molecule has 6 heteroatoms. The average molecular weight is 423 g/mol. The summed E-state index contributed by atoms with van der Waals surface area (Å²) in [5.41, 5.74) is 0.894. The van der Waals surface area contributed by atoms with E-state index in [2.05, 4.69) is 24.5 Å². The van der Waals surface area contributed by atoms with Gasteiger partial charge in [-0.3, -0.25) is 4.79 Å². The Hall–Kier alpha value is -1.14. The summed E-state index contributed by atoms with van der Waals surface area (Å²) in [5.74, 6) is 0.323. The molecule has 0 bridgehead atoms. The van der Waals surface area contributed by atoms with Gasteiger partial charge in [0.2, 0.25) is 5.91 Å². The predicted octanol–water partition coefficient (Wildman–Crippen LogP) is 3.64. The summed E-state index contributed by atoms with van der Waals surface area (Å²) in [6.45, 7) is 5.32. The van der Waals surface area contributed by atoms with E-state index in [-0.39, 0.29) is 30.1 Å². The van der Waals surface area contributed by atoms with Gasteiger partial charge in [-0.1, -0.05) is 36.6 Å². The second-order valence-corrected chi connectivity index (χ2v) is 9.52. The van der Waals surface area contributed by atoms with Crippen molar-refractivity contribution >= 4 is 17.5 Å². The first-order chi connectivity index (χ1) is 13.9. The van der Waals surface area contributed by atoms with Gasteiger partial charge in [0.1, 0.15) is 0 Å². The zero-order valence-electron chi connectivity index (χ0n) is 17.6. The van der Waals surface area contributed by atoms with Crippen molar-refractivity contribution < 1.29 is 14.6 Å². The molecule has 1 amide bonds. The Labute approximate surface area is 179 Å². The predicted molar refractivity (Wildman–Crippen MR) is 116 cm³/mol. The highest BCUT2D eigenvalue weighted by Crippen LogP contribution is 2.40. The summed E-state index contributed by atoms with van der Waals surface area (Å²) in [7, 11) is 0. The summed E-state index contributed by atoms with van der Waals surface area (Å²) in [4.78, 5) is 13.4. The smallest absolute Gasteiger partial charge is 0.237 e. The minimum atomic E-state index is -0.400. The van der Waals surface area contributed by atoms with Crippen molar-refractivity contribution in [2.75, 3.05) is 19.8 Å². The van der Waals surface area contributed by atoms with Crippen LogP contribution < -0.4 is 10.6 Å². The zero-order chi connectivity index (χ0) is 20.9. The third-order valence-corrected chi connectivity index (χ3v) is 6.57. The SMILES string of the molecule is CC1(C)CC(C(c2ccc(Cl)cc2)C(NCCO)C(=O)NC2CCCC2)CCO1. The van der Waals surface area contributed by atoms with Crippen molar-refractivity contribution in [3.63, 3.8) is 0 Å². The lowest BCUT2D eigenvalue weighted by Gasteiger charge is -2.42. The molecule has 2 fully saturated rings. The fourth-order valence-corrected chi connectivity index (χ4v) is 5.10. The first kappa shape index (κ1) is 22.5. The van der Waals surface area contributed by atoms with Gasteiger partial charge in [-0.15, -0.1) is 0 Å². The molecule has 1 aromatic carbocycles. The highest BCUT2D eigenvalue weighted by atomic mass is 35.5. The van der Waals surface area contributed by atoms with Crippen LogP contribution in [-0.2, 0) is 9.53 Å². The van der Waals surface area contributed by atoms with E-state index >= 15 is 0 Å². The van der Waals surface area contributed by atoms with E-state index in [0.717, 1.165) is 31.2 Å². The van der Waals surface area contributed by atoms with Crippen molar-refractivity contribution in [3.8, 4) is 0 Å². The quantitative estimate of drug-likeness (QED) is 0.598. The summed E-state index contributed by atoms with van der Waals surface area (Å²) >= 11 is 6.14. The lowest BCUT2D eigenvalue weighted by molar-refractivity contribution is -0.126. The van der Waals surface area contributed by atoms with Crippen LogP contribution >= 0.6 is 11.6 Å². The van der Waals surface area contributed by atoms with Crippen molar-refractivity contribution in [3.05, 3.63) is 34.9 Å². The number of nitrogens with one attached hydrogen (secondary N) is 2. The molecule has 0 radical (unpaired) electrons. The van der Waals surface area contributed by atoms with Crippen molar-refractivity contribution in [1.29, 1.82) is 0 Å². The summed E-state index contributed by atoms with van der Waals surface area (Å²) < 4.78 is 5.95. The van der Waals surface area contributed by atoms with Crippen LogP contribution in [0.3, 0.4) is 0 Å². The lowest BCUT2D eigenvalue weighted by atomic mass is 9.73. The Morgan fingerprint density at radius 3 is 2.55 bits per heavy atom. The molecular formula is C23H35ClN2O3. The molecule has 1 saturated heterocycles. The Morgan fingerprint density at radius 1 is 1.24 bits per heavy atom. The molecule has 1 aromatic rings. The molecule has 3 atom stereocenters. The summed E-state index contributed by atoms with van der Waals surface area (Å²) in [6.07, 6.45) is 6.24. The molecule has 1 aliphatic carbocycles. The Balaban J connectivity index is 1.90. The zero-order valence-corrected chi connectivity index (χ0v) is 18.4. The number of rotatable bonds is 8. The van der Waals surface area contributed by atoms with E-state index in [1.54, 1.807) is 0 Å². The Kier molecular flexibility index (Phi) is 7.97. The van der Waals surface area contributed by atoms with Gasteiger partial charge in [0.15, 0.2) is 0 Å². The van der Waals surface area contributed by atoms with E-state index in [9.17, 15) is 9.90 Å². The molecule has 162 valence electrons. The minimum absolute atomic E-state index is 0.000181. The highest BCUT2D eigenvalue weighted by molar-refractivity contribution is 6.30. The van der Waals surface area contributed by atoms with Crippen LogP contribution in [0.5, 0.6) is 0 Å². The van der Waals surface area contributed by atoms with Crippen LogP contribution in [-0.4, -0.2) is 48.5 Å². The highest BCUT2D eigenvalue weighted by Gasteiger charge is 2.40. The van der Waals surface area contributed by atoms with E-state index in [4.69, 9.17) is 16.3 Å². The number of hydrogen-bond acceptors (Lipinski definition) is 4. The number of aliphatic hydroxyl groups excluding tert-OH is 1. The fourth-order valence-electron chi connectivity index (χ4n) is 4.97. The number of ether oxygens (including phenoxy) is 1. The maximum atomic E-state index is 13.4. The fraction of sp³-hybridized carbons (Fsp3) is 0.696. The van der Waals surface area contributed by atoms with Crippen molar-refractivity contribution in [1.82, 2.24) is 10.6 Å². The van der Waals surface area contributed by atoms with Crippen LogP contribution in [0, 0.1) is 5.92 Å². The van der Waals surface area contributed by atoms with Gasteiger partial charge in [-0.2, -0.15) is 0 Å². The van der Waals surface area contributed by atoms with Crippen LogP contribution in [0.2, 0.25) is 5.02 Å². The van der Waals surface area contributed by atoms with Gasteiger partial charge in [0.25, 0.3) is 0 Å². The summed E-state index contributed by atoms with van der Waals surface area (Å²) in [5, 5.41) is 16.7. The Morgan fingerprint density at radius 2 is 1.93 bits per heavy atom. The summed E-state index contributed by atoms with van der Waals surface area (Å²) in [6, 6.07) is 7.72. The number of hydrogen-bond donors (Lipinski definition) is 3. The third kappa shape index (κ3) is 6.17. The maximum Gasteiger partial charge on any atom is 0.237 e. The molecule has 0 aromatic heterocycles. The molecule has 3 N–H and O–H groups in total. The monoisotopic (exact) mass is 422 g/mol. The molecule has 3 unspecified atom stereocenters. The first-order valence-electron chi connectivity index (χ1n) is 10.9. The number of carbonyl (C=O) groups is 1. The molecule has 1 saturated carbocycles. The molecule has 5 nitrogen and oxygen atoms in total. The number of benzene rings is 1. The molecule has 29 heavy (non-hydrogen) atoms. The standard InChI is InChI=1S/C23H35ClN2O3/c1-23(2)15-17(11-14-29-23)20(16-7-9-18(24)10-8-16)21(25-12-13-27)22(28)26-19-5-3-4-6-19/h7-10,17,19-21,25,27H,3-6,11-15H2,1-2H3,(H,26,28). The third-order valence-electron chi connectivity index (χ3n) is 6.32. The van der Waals surface area contributed by atoms with E-state index < -0.39 is 6.04 Å². The maximum absolute atomic E-state index is 13.4. The van der Waals surface area contributed by atoms with Crippen LogP contribution in [0.1, 0.15) is 63.9 Å². The van der Waals surface area contributed by atoms with Crippen LogP contribution in [0.4, 0.5) is 0 Å². The minimum Gasteiger partial charge on any atom is -0.395 e. The Bertz CT molecular complexity index is 659. The second-order valence-electron chi connectivity index (χ2n) is 9.08. The van der Waals surface area contributed by atoms with Gasteiger partial charge < -0.3 is 20.5 Å². The molecule has 1 heterocycles. The largest absolute Gasteiger partial charge is 0.395 e. The molecule has 3 rings (SSSR count). The van der Waals surface area contributed by atoms with Gasteiger partial charge in [-0.25, -0.2) is 0 Å². The topological polar surface area (TPSA) is 70.6 Å². The average Bonchev–Trinajstić information content (AvgIpc) is 3.18. The second kappa shape index (κ2) is 10.3. The molecule has 0 spiro atoms. The van der Waals surface area contributed by atoms with Crippen molar-refractivity contribution in [2.24, 2.45) is 5.92 Å². The number of amides is 1. The molecular weight excluding hydrogens is 388 g/mol. The van der Waals surface area contributed by atoms with E-state index in [1.807, 2.05) is 24.3 Å². The lowest BCUT2D eigenvalue weighted by Crippen LogP contribution is -2.53. The molecule has 1 aliphatic heterocycles. The number of aliphatic hydroxyl groups is 1. The molecule has 2 aliphatic rings. The first-order valence-corrected chi connectivity index (χ1v) is 11.3. The number of halogens is 1. The van der Waals surface area contributed by atoms with Crippen LogP contribution in [0.25, 0.3) is 0 Å². The van der Waals surface area contributed by atoms with Gasteiger partial charge in [-0.05, 0) is 63.1 Å². The van der Waals surface area contributed by atoms with Gasteiger partial charge in [0, 0.05) is 30.1 Å². The van der Waals surface area contributed by atoms with Gasteiger partial charge in [0.05, 0.1) is 18.2 Å². The van der Waals surface area contributed by atoms with Crippen LogP contribution in [0.15, 0.2) is 24.3 Å². The number of carbonyl (C=O) groups excluding carboxylic acids is 1. The van der Waals surface area contributed by atoms with Crippen molar-refractivity contribution in [2.45, 2.75) is 76.0 Å².